The molecule has 1 aliphatic rings. The molecule has 0 unspecified atom stereocenters. The predicted molar refractivity (Wildman–Crippen MR) is 85.8 cm³/mol. The zero-order valence-corrected chi connectivity index (χ0v) is 13.5. The topological polar surface area (TPSA) is 95.1 Å². The Labute approximate surface area is 140 Å². The van der Waals surface area contributed by atoms with E-state index >= 15 is 0 Å². The number of rotatable bonds is 3. The van der Waals surface area contributed by atoms with Gasteiger partial charge < -0.3 is 14.7 Å². The molecule has 1 saturated heterocycles. The first-order valence-electron chi connectivity index (χ1n) is 7.92. The fraction of sp³-hybridized carbons (Fsp3) is 0.412. The quantitative estimate of drug-likeness (QED) is 0.933. The van der Waals surface area contributed by atoms with Crippen molar-refractivity contribution < 1.29 is 9.32 Å². The van der Waals surface area contributed by atoms with E-state index in [1.165, 1.54) is 0 Å². The number of likely N-dealkylation sites (tertiary alicyclic amines) is 1. The molecule has 24 heavy (non-hydrogen) atoms. The summed E-state index contributed by atoms with van der Waals surface area (Å²) in [7, 11) is 0. The van der Waals surface area contributed by atoms with Gasteiger partial charge in [-0.25, -0.2) is 4.79 Å². The highest BCUT2D eigenvalue weighted by atomic mass is 16.5. The van der Waals surface area contributed by atoms with Crippen molar-refractivity contribution in [3.05, 3.63) is 47.6 Å². The Morgan fingerprint density at radius 3 is 2.67 bits per heavy atom. The van der Waals surface area contributed by atoms with Crippen LogP contribution in [0.3, 0.4) is 0 Å². The number of carbonyl (C=O) groups is 1. The largest absolute Gasteiger partial charge is 0.340 e. The van der Waals surface area contributed by atoms with Gasteiger partial charge in [0.1, 0.15) is 0 Å². The molecule has 0 saturated carbocycles. The molecule has 3 rings (SSSR count). The van der Waals surface area contributed by atoms with Crippen LogP contribution in [0.4, 0.5) is 4.79 Å². The summed E-state index contributed by atoms with van der Waals surface area (Å²) < 4.78 is 4.87. The van der Waals surface area contributed by atoms with Gasteiger partial charge in [0.25, 0.3) is 0 Å². The van der Waals surface area contributed by atoms with E-state index in [1.54, 1.807) is 11.8 Å². The van der Waals surface area contributed by atoms with Crippen LogP contribution in [0.25, 0.3) is 0 Å². The average Bonchev–Trinajstić information content (AvgIpc) is 3.06. The van der Waals surface area contributed by atoms with Gasteiger partial charge in [-0.2, -0.15) is 10.2 Å². The van der Waals surface area contributed by atoms with E-state index in [9.17, 15) is 10.1 Å². The van der Waals surface area contributed by atoms with E-state index in [4.69, 9.17) is 4.52 Å². The van der Waals surface area contributed by atoms with Gasteiger partial charge >= 0.3 is 6.03 Å². The van der Waals surface area contributed by atoms with Crippen LogP contribution in [0, 0.1) is 18.3 Å². The molecule has 7 heteroatoms. The molecule has 0 atom stereocenters. The van der Waals surface area contributed by atoms with Gasteiger partial charge in [0.05, 0.1) is 18.0 Å². The highest BCUT2D eigenvalue weighted by Gasteiger charge is 2.37. The van der Waals surface area contributed by atoms with Crippen molar-refractivity contribution in [1.82, 2.24) is 20.4 Å². The van der Waals surface area contributed by atoms with E-state index in [0.29, 0.717) is 37.6 Å². The lowest BCUT2D eigenvalue weighted by molar-refractivity contribution is 0.170. The van der Waals surface area contributed by atoms with Gasteiger partial charge in [-0.15, -0.1) is 0 Å². The van der Waals surface area contributed by atoms with Crippen molar-refractivity contribution in [2.24, 2.45) is 0 Å². The number of benzene rings is 1. The number of nitrogens with zero attached hydrogens (tertiary/aromatic N) is 4. The maximum Gasteiger partial charge on any atom is 0.317 e. The Kier molecular flexibility index (Phi) is 4.47. The second-order valence-corrected chi connectivity index (χ2v) is 5.94. The van der Waals surface area contributed by atoms with Crippen LogP contribution in [0.15, 0.2) is 34.9 Å². The lowest BCUT2D eigenvalue weighted by Gasteiger charge is -2.37. The van der Waals surface area contributed by atoms with E-state index in [2.05, 4.69) is 21.5 Å². The predicted octanol–water partition coefficient (Wildman–Crippen LogP) is 2.15. The van der Waals surface area contributed by atoms with Gasteiger partial charge in [0.15, 0.2) is 5.82 Å². The zero-order valence-electron chi connectivity index (χ0n) is 13.5. The van der Waals surface area contributed by atoms with Crippen LogP contribution in [0.5, 0.6) is 0 Å². The zero-order chi connectivity index (χ0) is 17.0. The number of aromatic nitrogens is 2. The second-order valence-electron chi connectivity index (χ2n) is 5.94. The number of piperidine rings is 1. The summed E-state index contributed by atoms with van der Waals surface area (Å²) in [5, 5.41) is 16.2. The van der Waals surface area contributed by atoms with Crippen LogP contribution >= 0.6 is 0 Å². The van der Waals surface area contributed by atoms with Crippen molar-refractivity contribution in [3.8, 4) is 6.07 Å². The standard InChI is InChI=1S/C17H19N5O2/c1-13-20-15(21-24-13)11-19-16(23)22-9-7-17(12-18,8-10-22)14-5-3-2-4-6-14/h2-6H,7-11H2,1H3,(H,19,23). The molecule has 2 heterocycles. The molecule has 0 spiro atoms. The van der Waals surface area contributed by atoms with Crippen molar-refractivity contribution in [1.29, 1.82) is 5.26 Å². The normalized spacial score (nSPS) is 16.4. The first-order chi connectivity index (χ1) is 11.6. The number of aryl methyl sites for hydroxylation is 1. The molecule has 1 fully saturated rings. The Bertz CT molecular complexity index is 742. The smallest absolute Gasteiger partial charge is 0.317 e. The number of urea groups is 1. The monoisotopic (exact) mass is 325 g/mol. The highest BCUT2D eigenvalue weighted by Crippen LogP contribution is 2.34. The van der Waals surface area contributed by atoms with Crippen LogP contribution in [0.2, 0.25) is 0 Å². The molecule has 0 radical (unpaired) electrons. The summed E-state index contributed by atoms with van der Waals surface area (Å²) in [5.74, 6) is 0.924. The maximum atomic E-state index is 12.3. The summed E-state index contributed by atoms with van der Waals surface area (Å²) in [6.45, 7) is 3.02. The van der Waals surface area contributed by atoms with Gasteiger partial charge in [0, 0.05) is 20.0 Å². The van der Waals surface area contributed by atoms with Gasteiger partial charge in [-0.3, -0.25) is 0 Å². The Morgan fingerprint density at radius 1 is 1.38 bits per heavy atom. The molecule has 1 aliphatic heterocycles. The third-order valence-electron chi connectivity index (χ3n) is 4.41. The number of amides is 2. The molecular formula is C17H19N5O2. The molecular weight excluding hydrogens is 306 g/mol. The molecule has 1 aromatic carbocycles. The summed E-state index contributed by atoms with van der Waals surface area (Å²) in [6, 6.07) is 12.1. The molecule has 7 nitrogen and oxygen atoms in total. The van der Waals surface area contributed by atoms with Crippen molar-refractivity contribution in [2.45, 2.75) is 31.7 Å². The Balaban J connectivity index is 1.58. The van der Waals surface area contributed by atoms with E-state index in [1.807, 2.05) is 30.3 Å². The first kappa shape index (κ1) is 16.0. The third-order valence-corrected chi connectivity index (χ3v) is 4.41. The van der Waals surface area contributed by atoms with Gasteiger partial charge in [-0.1, -0.05) is 35.5 Å². The summed E-state index contributed by atoms with van der Waals surface area (Å²) in [4.78, 5) is 18.0. The molecule has 0 aliphatic carbocycles. The summed E-state index contributed by atoms with van der Waals surface area (Å²) in [5.41, 5.74) is 0.512. The second kappa shape index (κ2) is 6.71. The third kappa shape index (κ3) is 3.23. The Hall–Kier alpha value is -2.88. The molecule has 2 aromatic rings. The minimum Gasteiger partial charge on any atom is -0.340 e. The highest BCUT2D eigenvalue weighted by molar-refractivity contribution is 5.74. The number of nitriles is 1. The van der Waals surface area contributed by atoms with Crippen LogP contribution in [0.1, 0.15) is 30.1 Å². The van der Waals surface area contributed by atoms with Gasteiger partial charge in [-0.05, 0) is 18.4 Å². The SMILES string of the molecule is Cc1nc(CNC(=O)N2CCC(C#N)(c3ccccc3)CC2)no1. The summed E-state index contributed by atoms with van der Waals surface area (Å²) >= 11 is 0. The van der Waals surface area contributed by atoms with Crippen molar-refractivity contribution >= 4 is 6.03 Å². The van der Waals surface area contributed by atoms with Crippen molar-refractivity contribution in [3.63, 3.8) is 0 Å². The fourth-order valence-electron chi connectivity index (χ4n) is 2.99. The minimum atomic E-state index is -0.511. The molecule has 124 valence electrons. The number of hydrogen-bond acceptors (Lipinski definition) is 5. The van der Waals surface area contributed by atoms with E-state index < -0.39 is 5.41 Å². The summed E-state index contributed by atoms with van der Waals surface area (Å²) in [6.07, 6.45) is 1.25. The molecule has 1 aromatic heterocycles. The van der Waals surface area contributed by atoms with Crippen LogP contribution < -0.4 is 5.32 Å². The van der Waals surface area contributed by atoms with Crippen molar-refractivity contribution in [2.75, 3.05) is 13.1 Å². The molecule has 2 amide bonds. The lowest BCUT2D eigenvalue weighted by atomic mass is 9.74. The molecule has 0 bridgehead atoms. The molecule has 1 N–H and O–H groups in total. The van der Waals surface area contributed by atoms with Crippen LogP contribution in [-0.2, 0) is 12.0 Å². The average molecular weight is 325 g/mol. The van der Waals surface area contributed by atoms with E-state index in [0.717, 1.165) is 5.56 Å². The van der Waals surface area contributed by atoms with E-state index in [-0.39, 0.29) is 12.6 Å². The number of hydrogen-bond donors (Lipinski definition) is 1. The Morgan fingerprint density at radius 2 is 2.08 bits per heavy atom. The lowest BCUT2D eigenvalue weighted by Crippen LogP contribution is -2.48. The van der Waals surface area contributed by atoms with Crippen LogP contribution in [-0.4, -0.2) is 34.2 Å². The number of nitrogens with one attached hydrogen (secondary N) is 1. The minimum absolute atomic E-state index is 0.169. The first-order valence-corrected chi connectivity index (χ1v) is 7.92. The number of carbonyl (C=O) groups excluding carboxylic acids is 1. The fourth-order valence-corrected chi connectivity index (χ4v) is 2.99. The van der Waals surface area contributed by atoms with Gasteiger partial charge in [0.2, 0.25) is 5.89 Å². The maximum absolute atomic E-state index is 12.3.